The van der Waals surface area contributed by atoms with Crippen molar-refractivity contribution in [3.8, 4) is 11.6 Å². The van der Waals surface area contributed by atoms with Crippen molar-refractivity contribution in [2.45, 2.75) is 13.5 Å². The van der Waals surface area contributed by atoms with Crippen molar-refractivity contribution in [1.29, 1.82) is 0 Å². The lowest BCUT2D eigenvalue weighted by Crippen LogP contribution is -2.02. The summed E-state index contributed by atoms with van der Waals surface area (Å²) in [5, 5.41) is 11.0. The van der Waals surface area contributed by atoms with Gasteiger partial charge in [-0.1, -0.05) is 24.3 Å². The van der Waals surface area contributed by atoms with E-state index in [0.29, 0.717) is 18.1 Å². The molecule has 0 aliphatic rings. The second-order valence-electron chi connectivity index (χ2n) is 5.85. The number of benzene rings is 2. The number of nitro benzene ring substituents is 1. The van der Waals surface area contributed by atoms with Crippen LogP contribution in [0, 0.1) is 17.0 Å². The molecule has 4 aromatic rings. The molecule has 0 saturated heterocycles. The molecule has 124 valence electrons. The van der Waals surface area contributed by atoms with E-state index >= 15 is 0 Å². The third-order valence-corrected chi connectivity index (χ3v) is 4.08. The Kier molecular flexibility index (Phi) is 3.57. The lowest BCUT2D eigenvalue weighted by atomic mass is 10.2. The number of non-ortho nitro benzene ring substituents is 1. The van der Waals surface area contributed by atoms with Gasteiger partial charge in [-0.05, 0) is 36.8 Å². The Morgan fingerprint density at radius 3 is 2.72 bits per heavy atom. The maximum atomic E-state index is 11.0. The zero-order valence-corrected chi connectivity index (χ0v) is 13.5. The van der Waals surface area contributed by atoms with E-state index in [1.807, 2.05) is 54.0 Å². The second-order valence-corrected chi connectivity index (χ2v) is 5.85. The lowest BCUT2D eigenvalue weighted by molar-refractivity contribution is -0.384. The highest BCUT2D eigenvalue weighted by Crippen LogP contribution is 2.27. The van der Waals surface area contributed by atoms with Crippen molar-refractivity contribution in [2.75, 3.05) is 0 Å². The van der Waals surface area contributed by atoms with E-state index in [1.165, 1.54) is 6.07 Å². The number of aryl methyl sites for hydroxylation is 1. The Hall–Kier alpha value is -3.41. The van der Waals surface area contributed by atoms with Crippen LogP contribution in [0.15, 0.2) is 65.1 Å². The van der Waals surface area contributed by atoms with Gasteiger partial charge in [-0.3, -0.25) is 10.1 Å². The number of fused-ring (bicyclic) bond motifs is 1. The van der Waals surface area contributed by atoms with E-state index in [2.05, 4.69) is 4.98 Å². The highest BCUT2D eigenvalue weighted by atomic mass is 16.6. The van der Waals surface area contributed by atoms with E-state index in [1.54, 1.807) is 12.1 Å². The van der Waals surface area contributed by atoms with Crippen LogP contribution < -0.4 is 0 Å². The lowest BCUT2D eigenvalue weighted by Gasteiger charge is -2.08. The van der Waals surface area contributed by atoms with Gasteiger partial charge in [-0.15, -0.1) is 0 Å². The average molecular weight is 333 g/mol. The summed E-state index contributed by atoms with van der Waals surface area (Å²) in [4.78, 5) is 15.3. The number of nitro groups is 1. The highest BCUT2D eigenvalue weighted by Gasteiger charge is 2.16. The molecule has 0 aliphatic heterocycles. The average Bonchev–Trinajstić information content (AvgIpc) is 3.19. The Morgan fingerprint density at radius 2 is 1.96 bits per heavy atom. The first kappa shape index (κ1) is 15.1. The molecule has 4 rings (SSSR count). The molecule has 0 unspecified atom stereocenters. The fourth-order valence-electron chi connectivity index (χ4n) is 2.93. The van der Waals surface area contributed by atoms with Gasteiger partial charge in [0.2, 0.25) is 0 Å². The molecule has 2 heterocycles. The molecule has 0 amide bonds. The largest absolute Gasteiger partial charge is 0.458 e. The van der Waals surface area contributed by atoms with Crippen molar-refractivity contribution in [3.05, 3.63) is 82.1 Å². The number of nitrogens with zero attached hydrogens (tertiary/aromatic N) is 3. The van der Waals surface area contributed by atoms with Gasteiger partial charge in [0.05, 0.1) is 22.5 Å². The summed E-state index contributed by atoms with van der Waals surface area (Å²) in [5.74, 6) is 2.20. The Balaban J connectivity index is 1.85. The van der Waals surface area contributed by atoms with Gasteiger partial charge in [0.1, 0.15) is 5.76 Å². The van der Waals surface area contributed by atoms with Gasteiger partial charge in [0.15, 0.2) is 11.6 Å². The number of aromatic nitrogens is 2. The minimum atomic E-state index is -0.383. The van der Waals surface area contributed by atoms with E-state index in [4.69, 9.17) is 4.42 Å². The fourth-order valence-corrected chi connectivity index (χ4v) is 2.93. The van der Waals surface area contributed by atoms with Crippen LogP contribution in [-0.4, -0.2) is 14.5 Å². The summed E-state index contributed by atoms with van der Waals surface area (Å²) in [7, 11) is 0. The highest BCUT2D eigenvalue weighted by molar-refractivity contribution is 5.80. The molecule has 0 spiro atoms. The summed E-state index contributed by atoms with van der Waals surface area (Å²) >= 11 is 0. The monoisotopic (exact) mass is 333 g/mol. The first-order valence-corrected chi connectivity index (χ1v) is 7.87. The minimum Gasteiger partial charge on any atom is -0.458 e. The normalized spacial score (nSPS) is 11.1. The van der Waals surface area contributed by atoms with Gasteiger partial charge in [0.25, 0.3) is 5.69 Å². The van der Waals surface area contributed by atoms with Crippen LogP contribution in [0.1, 0.15) is 11.3 Å². The number of furan rings is 1. The Labute approximate surface area is 143 Å². The first-order valence-electron chi connectivity index (χ1n) is 7.87. The molecule has 2 aromatic carbocycles. The molecule has 0 bridgehead atoms. The van der Waals surface area contributed by atoms with E-state index in [9.17, 15) is 10.1 Å². The number of para-hydroxylation sites is 2. The van der Waals surface area contributed by atoms with Crippen LogP contribution in [0.5, 0.6) is 0 Å². The maximum absolute atomic E-state index is 11.0. The van der Waals surface area contributed by atoms with Gasteiger partial charge in [0, 0.05) is 12.1 Å². The van der Waals surface area contributed by atoms with E-state index < -0.39 is 0 Å². The van der Waals surface area contributed by atoms with Crippen LogP contribution in [0.25, 0.3) is 22.6 Å². The topological polar surface area (TPSA) is 74.1 Å². The van der Waals surface area contributed by atoms with Gasteiger partial charge < -0.3 is 8.98 Å². The zero-order valence-electron chi connectivity index (χ0n) is 13.5. The molecular weight excluding hydrogens is 318 g/mol. The molecule has 0 aliphatic carbocycles. The molecular formula is C19H15N3O3. The van der Waals surface area contributed by atoms with Crippen LogP contribution in [0.2, 0.25) is 0 Å². The first-order chi connectivity index (χ1) is 12.1. The van der Waals surface area contributed by atoms with E-state index in [-0.39, 0.29) is 10.6 Å². The van der Waals surface area contributed by atoms with Crippen molar-refractivity contribution in [2.24, 2.45) is 0 Å². The summed E-state index contributed by atoms with van der Waals surface area (Å²) in [6.45, 7) is 2.36. The summed E-state index contributed by atoms with van der Waals surface area (Å²) < 4.78 is 7.77. The Morgan fingerprint density at radius 1 is 1.12 bits per heavy atom. The number of hydrogen-bond acceptors (Lipinski definition) is 4. The molecule has 25 heavy (non-hydrogen) atoms. The number of hydrogen-bond donors (Lipinski definition) is 0. The molecule has 0 N–H and O–H groups in total. The second kappa shape index (κ2) is 5.90. The fraction of sp³-hybridized carbons (Fsp3) is 0.105. The predicted molar refractivity (Wildman–Crippen MR) is 94.4 cm³/mol. The van der Waals surface area contributed by atoms with Crippen LogP contribution in [0.3, 0.4) is 0 Å². The smallest absolute Gasteiger partial charge is 0.269 e. The van der Waals surface area contributed by atoms with Gasteiger partial charge in [-0.25, -0.2) is 4.98 Å². The standard InChI is InChI=1S/C19H15N3O3/c1-13-9-10-18(25-13)19-20-16-7-2-3-8-17(16)21(19)12-14-5-4-6-15(11-14)22(23)24/h2-11H,12H2,1H3. The predicted octanol–water partition coefficient (Wildman–Crippen LogP) is 4.56. The summed E-state index contributed by atoms with van der Waals surface area (Å²) in [6, 6.07) is 18.3. The zero-order chi connectivity index (χ0) is 17.4. The van der Waals surface area contributed by atoms with Crippen molar-refractivity contribution in [1.82, 2.24) is 9.55 Å². The van der Waals surface area contributed by atoms with Gasteiger partial charge in [-0.2, -0.15) is 0 Å². The molecule has 0 saturated carbocycles. The third kappa shape index (κ3) is 2.78. The molecule has 6 nitrogen and oxygen atoms in total. The molecule has 0 atom stereocenters. The van der Waals surface area contributed by atoms with Crippen LogP contribution in [0.4, 0.5) is 5.69 Å². The number of imidazole rings is 1. The summed E-state index contributed by atoms with van der Waals surface area (Å²) in [6.07, 6.45) is 0. The van der Waals surface area contributed by atoms with Crippen molar-refractivity contribution in [3.63, 3.8) is 0 Å². The summed E-state index contributed by atoms with van der Waals surface area (Å²) in [5.41, 5.74) is 2.73. The van der Waals surface area contributed by atoms with Crippen LogP contribution in [-0.2, 0) is 6.54 Å². The maximum Gasteiger partial charge on any atom is 0.269 e. The third-order valence-electron chi connectivity index (χ3n) is 4.08. The van der Waals surface area contributed by atoms with E-state index in [0.717, 1.165) is 22.4 Å². The van der Waals surface area contributed by atoms with Crippen LogP contribution >= 0.6 is 0 Å². The molecule has 0 fully saturated rings. The number of rotatable bonds is 4. The molecule has 0 radical (unpaired) electrons. The SMILES string of the molecule is Cc1ccc(-c2nc3ccccc3n2Cc2cccc([N+](=O)[O-])c2)o1. The minimum absolute atomic E-state index is 0.0808. The van der Waals surface area contributed by atoms with Gasteiger partial charge >= 0.3 is 0 Å². The Bertz CT molecular complexity index is 1080. The quantitative estimate of drug-likeness (QED) is 0.405. The van der Waals surface area contributed by atoms with Crippen molar-refractivity contribution < 1.29 is 9.34 Å². The molecule has 2 aromatic heterocycles. The molecule has 6 heteroatoms. The van der Waals surface area contributed by atoms with Crippen molar-refractivity contribution >= 4 is 16.7 Å².